The first-order chi connectivity index (χ1) is 6.38. The van der Waals surface area contributed by atoms with Crippen LogP contribution in [0.2, 0.25) is 0 Å². The van der Waals surface area contributed by atoms with E-state index in [1.54, 1.807) is 0 Å². The zero-order valence-electron chi connectivity index (χ0n) is 8.41. The van der Waals surface area contributed by atoms with Gasteiger partial charge >= 0.3 is 0 Å². The smallest absolute Gasteiger partial charge is 0.123 e. The van der Waals surface area contributed by atoms with Gasteiger partial charge in [0.1, 0.15) is 6.29 Å². The van der Waals surface area contributed by atoms with Gasteiger partial charge in [-0.05, 0) is 32.4 Å². The Balaban J connectivity index is 2.23. The third-order valence-electron chi connectivity index (χ3n) is 2.71. The number of allylic oxidation sites excluding steroid dienone is 1. The van der Waals surface area contributed by atoms with Crippen molar-refractivity contribution >= 4 is 6.29 Å². The van der Waals surface area contributed by atoms with Gasteiger partial charge in [0.15, 0.2) is 0 Å². The summed E-state index contributed by atoms with van der Waals surface area (Å²) in [5.74, 6) is 0. The first kappa shape index (κ1) is 10.5. The molecule has 0 aliphatic carbocycles. The highest BCUT2D eigenvalue weighted by molar-refractivity contribution is 5.51. The second kappa shape index (κ2) is 5.92. The molecule has 0 saturated carbocycles. The minimum Gasteiger partial charge on any atom is -0.303 e. The molecule has 0 bridgehead atoms. The zero-order valence-corrected chi connectivity index (χ0v) is 8.41. The molecule has 0 aromatic rings. The molecule has 0 aromatic heterocycles. The summed E-state index contributed by atoms with van der Waals surface area (Å²) in [5.41, 5.74) is 0. The lowest BCUT2D eigenvalue weighted by molar-refractivity contribution is -0.107. The molecule has 2 nitrogen and oxygen atoms in total. The molecule has 1 rings (SSSR count). The number of carbonyl (C=O) groups is 1. The minimum absolute atomic E-state index is 0.568. The van der Waals surface area contributed by atoms with Gasteiger partial charge in [0, 0.05) is 12.5 Å². The Morgan fingerprint density at radius 1 is 1.46 bits per heavy atom. The van der Waals surface area contributed by atoms with Gasteiger partial charge in [0.05, 0.1) is 0 Å². The van der Waals surface area contributed by atoms with Crippen LogP contribution in [0.15, 0.2) is 12.2 Å². The lowest BCUT2D eigenvalue weighted by Crippen LogP contribution is -2.28. The van der Waals surface area contributed by atoms with Crippen LogP contribution in [0, 0.1) is 0 Å². The average molecular weight is 181 g/mol. The number of hydrogen-bond acceptors (Lipinski definition) is 2. The van der Waals surface area contributed by atoms with E-state index in [0.29, 0.717) is 6.42 Å². The van der Waals surface area contributed by atoms with E-state index in [0.717, 1.165) is 25.3 Å². The van der Waals surface area contributed by atoms with Gasteiger partial charge in [-0.2, -0.15) is 0 Å². The molecule has 0 spiro atoms. The maximum atomic E-state index is 10.1. The molecule has 1 aliphatic heterocycles. The van der Waals surface area contributed by atoms with Gasteiger partial charge in [0.25, 0.3) is 0 Å². The molecule has 1 unspecified atom stereocenters. The number of aldehydes is 1. The Kier molecular flexibility index (Phi) is 4.76. The molecule has 1 fully saturated rings. The molecule has 0 aromatic carbocycles. The minimum atomic E-state index is 0.568. The summed E-state index contributed by atoms with van der Waals surface area (Å²) in [6, 6.07) is 0.730. The third-order valence-corrected chi connectivity index (χ3v) is 2.71. The summed E-state index contributed by atoms with van der Waals surface area (Å²) in [4.78, 5) is 12.6. The standard InChI is InChI=1S/C11H19NO/c1-2-12-9-6-8-11(12)7-4-3-5-10-13/h3-4,10-11H,2,5-9H2,1H3/b4-3-. The van der Waals surface area contributed by atoms with E-state index in [1.165, 1.54) is 19.4 Å². The summed E-state index contributed by atoms with van der Waals surface area (Å²) >= 11 is 0. The molecule has 0 N–H and O–H groups in total. The van der Waals surface area contributed by atoms with Crippen molar-refractivity contribution in [1.29, 1.82) is 0 Å². The Labute approximate surface area is 80.6 Å². The third kappa shape index (κ3) is 3.31. The van der Waals surface area contributed by atoms with Gasteiger partial charge in [-0.3, -0.25) is 0 Å². The molecule has 74 valence electrons. The molecule has 1 aliphatic rings. The summed E-state index contributed by atoms with van der Waals surface area (Å²) in [7, 11) is 0. The summed E-state index contributed by atoms with van der Waals surface area (Å²) in [6.07, 6.45) is 9.40. The van der Waals surface area contributed by atoms with Gasteiger partial charge in [-0.15, -0.1) is 0 Å². The van der Waals surface area contributed by atoms with E-state index in [4.69, 9.17) is 0 Å². The highest BCUT2D eigenvalue weighted by Crippen LogP contribution is 2.19. The number of hydrogen-bond donors (Lipinski definition) is 0. The maximum absolute atomic E-state index is 10.1. The van der Waals surface area contributed by atoms with E-state index < -0.39 is 0 Å². The Bertz CT molecular complexity index is 177. The van der Waals surface area contributed by atoms with Crippen molar-refractivity contribution in [2.24, 2.45) is 0 Å². The van der Waals surface area contributed by atoms with Crippen LogP contribution in [0.5, 0.6) is 0 Å². The molecule has 1 heterocycles. The summed E-state index contributed by atoms with van der Waals surface area (Å²) in [5, 5.41) is 0. The largest absolute Gasteiger partial charge is 0.303 e. The van der Waals surface area contributed by atoms with Crippen LogP contribution >= 0.6 is 0 Å². The number of carbonyl (C=O) groups excluding carboxylic acids is 1. The average Bonchev–Trinajstić information content (AvgIpc) is 2.60. The fourth-order valence-electron chi connectivity index (χ4n) is 1.98. The first-order valence-electron chi connectivity index (χ1n) is 5.21. The quantitative estimate of drug-likeness (QED) is 0.477. The lowest BCUT2D eigenvalue weighted by Gasteiger charge is -2.20. The predicted octanol–water partition coefficient (Wildman–Crippen LogP) is 2.01. The SMILES string of the molecule is CCN1CCCC1C/C=C\CC=O. The Morgan fingerprint density at radius 2 is 2.31 bits per heavy atom. The number of likely N-dealkylation sites (tertiary alicyclic amines) is 1. The highest BCUT2D eigenvalue weighted by atomic mass is 16.1. The Hall–Kier alpha value is -0.630. The molecule has 0 amide bonds. The predicted molar refractivity (Wildman–Crippen MR) is 54.7 cm³/mol. The highest BCUT2D eigenvalue weighted by Gasteiger charge is 2.20. The van der Waals surface area contributed by atoms with Crippen molar-refractivity contribution in [3.05, 3.63) is 12.2 Å². The van der Waals surface area contributed by atoms with Crippen molar-refractivity contribution < 1.29 is 4.79 Å². The zero-order chi connectivity index (χ0) is 9.52. The first-order valence-corrected chi connectivity index (χ1v) is 5.21. The molecular weight excluding hydrogens is 162 g/mol. The van der Waals surface area contributed by atoms with E-state index >= 15 is 0 Å². The van der Waals surface area contributed by atoms with Crippen molar-refractivity contribution in [3.8, 4) is 0 Å². The van der Waals surface area contributed by atoms with Crippen LogP contribution in [0.1, 0.15) is 32.6 Å². The van der Waals surface area contributed by atoms with Crippen LogP contribution in [-0.2, 0) is 4.79 Å². The van der Waals surface area contributed by atoms with Crippen LogP contribution < -0.4 is 0 Å². The maximum Gasteiger partial charge on any atom is 0.123 e. The van der Waals surface area contributed by atoms with Crippen molar-refractivity contribution in [2.75, 3.05) is 13.1 Å². The topological polar surface area (TPSA) is 20.3 Å². The number of rotatable bonds is 5. The van der Waals surface area contributed by atoms with Gasteiger partial charge in [0.2, 0.25) is 0 Å². The van der Waals surface area contributed by atoms with Crippen LogP contribution in [0.25, 0.3) is 0 Å². The Morgan fingerprint density at radius 3 is 3.00 bits per heavy atom. The van der Waals surface area contributed by atoms with E-state index in [9.17, 15) is 4.79 Å². The molecule has 1 saturated heterocycles. The molecule has 1 atom stereocenters. The van der Waals surface area contributed by atoms with Gasteiger partial charge < -0.3 is 9.69 Å². The van der Waals surface area contributed by atoms with Crippen molar-refractivity contribution in [2.45, 2.75) is 38.6 Å². The van der Waals surface area contributed by atoms with Gasteiger partial charge in [-0.25, -0.2) is 0 Å². The second-order valence-corrected chi connectivity index (χ2v) is 3.53. The summed E-state index contributed by atoms with van der Waals surface area (Å²) < 4.78 is 0. The van der Waals surface area contributed by atoms with Crippen molar-refractivity contribution in [3.63, 3.8) is 0 Å². The van der Waals surface area contributed by atoms with E-state index in [-0.39, 0.29) is 0 Å². The lowest BCUT2D eigenvalue weighted by atomic mass is 10.1. The van der Waals surface area contributed by atoms with Crippen LogP contribution in [-0.4, -0.2) is 30.3 Å². The molecule has 2 heteroatoms. The van der Waals surface area contributed by atoms with E-state index in [1.807, 2.05) is 6.08 Å². The molecular formula is C11H19NO. The van der Waals surface area contributed by atoms with Crippen LogP contribution in [0.4, 0.5) is 0 Å². The fourth-order valence-corrected chi connectivity index (χ4v) is 1.98. The van der Waals surface area contributed by atoms with E-state index in [2.05, 4.69) is 17.9 Å². The molecule has 13 heavy (non-hydrogen) atoms. The van der Waals surface area contributed by atoms with Gasteiger partial charge in [-0.1, -0.05) is 19.1 Å². The molecule has 0 radical (unpaired) electrons. The number of nitrogens with zero attached hydrogens (tertiary/aromatic N) is 1. The normalized spacial score (nSPS) is 24.2. The van der Waals surface area contributed by atoms with Crippen molar-refractivity contribution in [1.82, 2.24) is 4.90 Å². The monoisotopic (exact) mass is 181 g/mol. The fraction of sp³-hybridized carbons (Fsp3) is 0.727. The van der Waals surface area contributed by atoms with Crippen LogP contribution in [0.3, 0.4) is 0 Å². The summed E-state index contributed by atoms with van der Waals surface area (Å²) in [6.45, 7) is 4.63. The second-order valence-electron chi connectivity index (χ2n) is 3.53.